The number of benzene rings is 1. The van der Waals surface area contributed by atoms with E-state index in [4.69, 9.17) is 5.73 Å². The van der Waals surface area contributed by atoms with Crippen LogP contribution in [0.4, 0.5) is 8.78 Å². The van der Waals surface area contributed by atoms with E-state index in [1.54, 1.807) is 6.92 Å². The molecule has 0 aliphatic carbocycles. The number of halogens is 3. The van der Waals surface area contributed by atoms with Crippen LogP contribution in [0.5, 0.6) is 0 Å². The van der Waals surface area contributed by atoms with Gasteiger partial charge in [-0.15, -0.1) is 0 Å². The van der Waals surface area contributed by atoms with Crippen molar-refractivity contribution in [2.45, 2.75) is 19.1 Å². The summed E-state index contributed by atoms with van der Waals surface area (Å²) in [7, 11) is 0. The summed E-state index contributed by atoms with van der Waals surface area (Å²) in [6.07, 6.45) is -2.02. The molecule has 17 heavy (non-hydrogen) atoms. The summed E-state index contributed by atoms with van der Waals surface area (Å²) < 4.78 is 31.6. The van der Waals surface area contributed by atoms with Crippen LogP contribution in [0.15, 0.2) is 22.7 Å². The van der Waals surface area contributed by atoms with Crippen molar-refractivity contribution in [2.24, 2.45) is 5.73 Å². The summed E-state index contributed by atoms with van der Waals surface area (Å²) >= 11 is 3.12. The standard InChI is InChI=1S/C11H12BrF2NO2/c1-2-17-11(16)9(14)10(15)7-5-6(13)3-4-8(7)12/h3-5,9-10H,2,15H2,1H3/t9?,10-/m0/s1. The maximum atomic E-state index is 13.6. The average molecular weight is 308 g/mol. The Hall–Kier alpha value is -1.01. The van der Waals surface area contributed by atoms with E-state index >= 15 is 0 Å². The van der Waals surface area contributed by atoms with Crippen molar-refractivity contribution in [1.29, 1.82) is 0 Å². The van der Waals surface area contributed by atoms with E-state index in [9.17, 15) is 13.6 Å². The molecule has 0 fully saturated rings. The molecular formula is C11H12BrF2NO2. The molecule has 0 saturated heterocycles. The van der Waals surface area contributed by atoms with Gasteiger partial charge in [-0.25, -0.2) is 13.6 Å². The fourth-order valence-corrected chi connectivity index (χ4v) is 1.81. The maximum Gasteiger partial charge on any atom is 0.342 e. The highest BCUT2D eigenvalue weighted by Crippen LogP contribution is 2.26. The van der Waals surface area contributed by atoms with Gasteiger partial charge in [-0.1, -0.05) is 15.9 Å². The van der Waals surface area contributed by atoms with Crippen molar-refractivity contribution in [3.8, 4) is 0 Å². The topological polar surface area (TPSA) is 52.3 Å². The Morgan fingerprint density at radius 3 is 2.82 bits per heavy atom. The van der Waals surface area contributed by atoms with Crippen LogP contribution in [-0.2, 0) is 9.53 Å². The van der Waals surface area contributed by atoms with Gasteiger partial charge in [0.25, 0.3) is 0 Å². The van der Waals surface area contributed by atoms with E-state index in [1.165, 1.54) is 12.1 Å². The number of carbonyl (C=O) groups is 1. The van der Waals surface area contributed by atoms with Crippen LogP contribution < -0.4 is 5.73 Å². The minimum absolute atomic E-state index is 0.0658. The maximum absolute atomic E-state index is 13.6. The molecule has 1 unspecified atom stereocenters. The Bertz CT molecular complexity index is 414. The van der Waals surface area contributed by atoms with E-state index in [0.29, 0.717) is 4.47 Å². The number of hydrogen-bond acceptors (Lipinski definition) is 3. The van der Waals surface area contributed by atoms with Crippen LogP contribution in [0.3, 0.4) is 0 Å². The molecule has 0 amide bonds. The van der Waals surface area contributed by atoms with Crippen molar-refractivity contribution in [3.05, 3.63) is 34.1 Å². The number of hydrogen-bond donors (Lipinski definition) is 1. The van der Waals surface area contributed by atoms with Crippen LogP contribution in [0, 0.1) is 5.82 Å². The van der Waals surface area contributed by atoms with Gasteiger partial charge in [-0.05, 0) is 30.7 Å². The Morgan fingerprint density at radius 2 is 2.24 bits per heavy atom. The van der Waals surface area contributed by atoms with E-state index in [0.717, 1.165) is 6.07 Å². The Labute approximate surface area is 106 Å². The highest BCUT2D eigenvalue weighted by molar-refractivity contribution is 9.10. The number of esters is 1. The third-order valence-electron chi connectivity index (χ3n) is 2.14. The number of alkyl halides is 1. The van der Waals surface area contributed by atoms with Gasteiger partial charge in [0, 0.05) is 4.47 Å². The quantitative estimate of drug-likeness (QED) is 0.870. The van der Waals surface area contributed by atoms with Crippen molar-refractivity contribution in [2.75, 3.05) is 6.61 Å². The molecule has 0 aliphatic rings. The normalized spacial score (nSPS) is 14.2. The summed E-state index contributed by atoms with van der Waals surface area (Å²) in [6.45, 7) is 1.63. The first-order valence-electron chi connectivity index (χ1n) is 4.98. The molecule has 3 nitrogen and oxygen atoms in total. The second kappa shape index (κ2) is 6.07. The zero-order chi connectivity index (χ0) is 13.0. The minimum Gasteiger partial charge on any atom is -0.464 e. The van der Waals surface area contributed by atoms with E-state index in [1.807, 2.05) is 0 Å². The lowest BCUT2D eigenvalue weighted by molar-refractivity contribution is -0.149. The van der Waals surface area contributed by atoms with Gasteiger partial charge < -0.3 is 10.5 Å². The predicted molar refractivity (Wildman–Crippen MR) is 62.6 cm³/mol. The molecule has 0 radical (unpaired) electrons. The van der Waals surface area contributed by atoms with E-state index in [2.05, 4.69) is 20.7 Å². The third kappa shape index (κ3) is 3.47. The van der Waals surface area contributed by atoms with E-state index in [-0.39, 0.29) is 12.2 Å². The molecule has 1 aromatic carbocycles. The van der Waals surface area contributed by atoms with Crippen molar-refractivity contribution < 1.29 is 18.3 Å². The summed E-state index contributed by atoms with van der Waals surface area (Å²) in [5.41, 5.74) is 5.75. The molecule has 2 N–H and O–H groups in total. The fraction of sp³-hybridized carbons (Fsp3) is 0.364. The van der Waals surface area contributed by atoms with Gasteiger partial charge in [0.1, 0.15) is 5.82 Å². The van der Waals surface area contributed by atoms with Gasteiger partial charge in [0.05, 0.1) is 12.6 Å². The molecule has 1 rings (SSSR count). The van der Waals surface area contributed by atoms with Crippen LogP contribution in [-0.4, -0.2) is 18.7 Å². The van der Waals surface area contributed by atoms with E-state index < -0.39 is 24.0 Å². The molecule has 0 aliphatic heterocycles. The average Bonchev–Trinajstić information content (AvgIpc) is 2.30. The molecule has 1 aromatic rings. The number of nitrogens with two attached hydrogens (primary N) is 1. The molecule has 0 saturated carbocycles. The predicted octanol–water partition coefficient (Wildman–Crippen LogP) is 2.49. The summed E-state index contributed by atoms with van der Waals surface area (Å²) in [6, 6.07) is 2.43. The smallest absolute Gasteiger partial charge is 0.342 e. The molecule has 0 heterocycles. The van der Waals surface area contributed by atoms with Crippen molar-refractivity contribution >= 4 is 21.9 Å². The molecule has 0 spiro atoms. The minimum atomic E-state index is -2.02. The number of ether oxygens (including phenoxy) is 1. The Morgan fingerprint density at radius 1 is 1.59 bits per heavy atom. The highest BCUT2D eigenvalue weighted by Gasteiger charge is 2.29. The number of rotatable bonds is 4. The molecule has 6 heteroatoms. The zero-order valence-electron chi connectivity index (χ0n) is 9.12. The molecule has 94 valence electrons. The van der Waals surface area contributed by atoms with Crippen LogP contribution in [0.1, 0.15) is 18.5 Å². The van der Waals surface area contributed by atoms with Gasteiger partial charge in [-0.2, -0.15) is 0 Å². The second-order valence-electron chi connectivity index (χ2n) is 3.35. The van der Waals surface area contributed by atoms with Crippen LogP contribution in [0.25, 0.3) is 0 Å². The van der Waals surface area contributed by atoms with Crippen molar-refractivity contribution in [3.63, 3.8) is 0 Å². The first kappa shape index (κ1) is 14.1. The van der Waals surface area contributed by atoms with Crippen molar-refractivity contribution in [1.82, 2.24) is 0 Å². The Kier molecular flexibility index (Phi) is 5.02. The summed E-state index contributed by atoms with van der Waals surface area (Å²) in [4.78, 5) is 11.2. The third-order valence-corrected chi connectivity index (χ3v) is 2.87. The highest BCUT2D eigenvalue weighted by atomic mass is 79.9. The van der Waals surface area contributed by atoms with Crippen LogP contribution >= 0.6 is 15.9 Å². The molecule has 0 aromatic heterocycles. The molecular weight excluding hydrogens is 296 g/mol. The summed E-state index contributed by atoms with van der Waals surface area (Å²) in [5.74, 6) is -1.59. The molecule has 0 bridgehead atoms. The largest absolute Gasteiger partial charge is 0.464 e. The monoisotopic (exact) mass is 307 g/mol. The van der Waals surface area contributed by atoms with Gasteiger partial charge >= 0.3 is 5.97 Å². The molecule has 2 atom stereocenters. The number of carbonyl (C=O) groups excluding carboxylic acids is 1. The zero-order valence-corrected chi connectivity index (χ0v) is 10.7. The first-order valence-corrected chi connectivity index (χ1v) is 5.78. The first-order chi connectivity index (χ1) is 7.97. The second-order valence-corrected chi connectivity index (χ2v) is 4.20. The van der Waals surface area contributed by atoms with Gasteiger partial charge in [0.2, 0.25) is 6.17 Å². The lowest BCUT2D eigenvalue weighted by atomic mass is 10.0. The van der Waals surface area contributed by atoms with Gasteiger partial charge in [0.15, 0.2) is 0 Å². The lowest BCUT2D eigenvalue weighted by Gasteiger charge is -2.17. The summed E-state index contributed by atoms with van der Waals surface area (Å²) in [5, 5.41) is 0. The lowest BCUT2D eigenvalue weighted by Crippen LogP contribution is -2.31. The van der Waals surface area contributed by atoms with Crippen LogP contribution in [0.2, 0.25) is 0 Å². The Balaban J connectivity index is 2.91. The fourth-order valence-electron chi connectivity index (χ4n) is 1.30. The van der Waals surface area contributed by atoms with Gasteiger partial charge in [-0.3, -0.25) is 0 Å². The SMILES string of the molecule is CCOC(=O)C(F)[C@@H](N)c1cc(F)ccc1Br.